The summed E-state index contributed by atoms with van der Waals surface area (Å²) in [5.74, 6) is -1.66. The maximum absolute atomic E-state index is 13.5. The van der Waals surface area contributed by atoms with Crippen LogP contribution in [0.1, 0.15) is 12.5 Å². The monoisotopic (exact) mass is 379 g/mol. The number of anilines is 1. The average molecular weight is 380 g/mol. The summed E-state index contributed by atoms with van der Waals surface area (Å²) in [7, 11) is 0. The Morgan fingerprint density at radius 2 is 1.83 bits per heavy atom. The molecule has 0 saturated heterocycles. The van der Waals surface area contributed by atoms with Crippen molar-refractivity contribution in [2.45, 2.75) is 19.4 Å². The summed E-state index contributed by atoms with van der Waals surface area (Å²) in [6.45, 7) is 1.44. The van der Waals surface area contributed by atoms with E-state index in [1.54, 1.807) is 18.2 Å². The minimum atomic E-state index is -1.02. The molecule has 1 N–H and O–H groups in total. The Kier molecular flexibility index (Phi) is 5.87. The number of esters is 1. The van der Waals surface area contributed by atoms with Crippen molar-refractivity contribution in [3.8, 4) is 0 Å². The van der Waals surface area contributed by atoms with Crippen molar-refractivity contribution in [2.24, 2.45) is 0 Å². The molecule has 1 atom stereocenters. The molecule has 0 unspecified atom stereocenters. The Labute approximate surface area is 141 Å². The van der Waals surface area contributed by atoms with Gasteiger partial charge in [0, 0.05) is 4.47 Å². The Bertz CT molecular complexity index is 703. The van der Waals surface area contributed by atoms with Crippen LogP contribution in [0.5, 0.6) is 0 Å². The van der Waals surface area contributed by atoms with E-state index in [-0.39, 0.29) is 12.1 Å². The number of ether oxygens (including phenoxy) is 1. The number of halogens is 2. The first-order chi connectivity index (χ1) is 11.0. The van der Waals surface area contributed by atoms with Crippen LogP contribution in [0.3, 0.4) is 0 Å². The smallest absolute Gasteiger partial charge is 0.311 e. The first-order valence-corrected chi connectivity index (χ1v) is 7.74. The molecular weight excluding hydrogens is 365 g/mol. The highest BCUT2D eigenvalue weighted by atomic mass is 79.9. The van der Waals surface area contributed by atoms with Gasteiger partial charge in [0.25, 0.3) is 5.91 Å². The van der Waals surface area contributed by atoms with E-state index in [0.29, 0.717) is 0 Å². The van der Waals surface area contributed by atoms with Crippen molar-refractivity contribution in [2.75, 3.05) is 5.32 Å². The number of rotatable bonds is 5. The highest BCUT2D eigenvalue weighted by Gasteiger charge is 2.19. The van der Waals surface area contributed by atoms with Crippen molar-refractivity contribution >= 4 is 33.5 Å². The lowest BCUT2D eigenvalue weighted by atomic mass is 10.1. The Hall–Kier alpha value is -2.21. The van der Waals surface area contributed by atoms with E-state index >= 15 is 0 Å². The van der Waals surface area contributed by atoms with Crippen LogP contribution in [0.15, 0.2) is 53.0 Å². The highest BCUT2D eigenvalue weighted by molar-refractivity contribution is 9.10. The van der Waals surface area contributed by atoms with Crippen molar-refractivity contribution in [1.29, 1.82) is 0 Å². The van der Waals surface area contributed by atoms with Gasteiger partial charge in [0.1, 0.15) is 5.82 Å². The first-order valence-electron chi connectivity index (χ1n) is 6.95. The van der Waals surface area contributed by atoms with Crippen LogP contribution < -0.4 is 5.32 Å². The fourth-order valence-corrected chi connectivity index (χ4v) is 2.12. The fourth-order valence-electron chi connectivity index (χ4n) is 1.86. The third-order valence-electron chi connectivity index (χ3n) is 3.07. The van der Waals surface area contributed by atoms with Crippen LogP contribution in [0.2, 0.25) is 0 Å². The van der Waals surface area contributed by atoms with Crippen LogP contribution in [0.25, 0.3) is 0 Å². The second-order valence-electron chi connectivity index (χ2n) is 4.90. The van der Waals surface area contributed by atoms with E-state index in [1.807, 2.05) is 12.1 Å². The molecule has 0 aromatic heterocycles. The maximum atomic E-state index is 13.5. The van der Waals surface area contributed by atoms with Gasteiger partial charge in [-0.25, -0.2) is 4.39 Å². The van der Waals surface area contributed by atoms with Crippen molar-refractivity contribution in [3.63, 3.8) is 0 Å². The minimum absolute atomic E-state index is 0.0494. The largest absolute Gasteiger partial charge is 0.452 e. The molecule has 2 aromatic rings. The van der Waals surface area contributed by atoms with E-state index in [0.717, 1.165) is 10.0 Å². The Morgan fingerprint density at radius 3 is 2.48 bits per heavy atom. The summed E-state index contributed by atoms with van der Waals surface area (Å²) >= 11 is 3.31. The summed E-state index contributed by atoms with van der Waals surface area (Å²) < 4.78 is 19.5. The fraction of sp³-hybridized carbons (Fsp3) is 0.176. The molecular formula is C17H15BrFNO3. The number of hydrogen-bond acceptors (Lipinski definition) is 3. The molecule has 0 saturated carbocycles. The van der Waals surface area contributed by atoms with Gasteiger partial charge in [0.15, 0.2) is 6.10 Å². The zero-order valence-corrected chi connectivity index (χ0v) is 14.0. The molecule has 0 aliphatic carbocycles. The quantitative estimate of drug-likeness (QED) is 0.805. The second-order valence-corrected chi connectivity index (χ2v) is 5.82. The summed E-state index contributed by atoms with van der Waals surface area (Å²) in [4.78, 5) is 23.8. The van der Waals surface area contributed by atoms with E-state index in [1.165, 1.54) is 25.1 Å². The number of hydrogen-bond donors (Lipinski definition) is 1. The average Bonchev–Trinajstić information content (AvgIpc) is 2.51. The van der Waals surface area contributed by atoms with E-state index in [4.69, 9.17) is 4.74 Å². The van der Waals surface area contributed by atoms with Gasteiger partial charge >= 0.3 is 5.97 Å². The lowest BCUT2D eigenvalue weighted by molar-refractivity contribution is -0.152. The summed E-state index contributed by atoms with van der Waals surface area (Å²) in [6, 6.07) is 13.0. The standard InChI is InChI=1S/C17H15BrFNO3/c1-11(17(22)20-15-5-3-2-4-14(15)19)23-16(21)10-12-6-8-13(18)9-7-12/h2-9,11H,10H2,1H3,(H,20,22)/t11-/m0/s1. The van der Waals surface area contributed by atoms with Gasteiger partial charge in [0.2, 0.25) is 0 Å². The molecule has 0 aliphatic rings. The minimum Gasteiger partial charge on any atom is -0.452 e. The molecule has 6 heteroatoms. The molecule has 4 nitrogen and oxygen atoms in total. The number of carbonyl (C=O) groups is 2. The molecule has 0 bridgehead atoms. The molecule has 0 fully saturated rings. The van der Waals surface area contributed by atoms with Gasteiger partial charge in [0.05, 0.1) is 12.1 Å². The van der Waals surface area contributed by atoms with Crippen LogP contribution in [-0.2, 0) is 20.7 Å². The van der Waals surface area contributed by atoms with Gasteiger partial charge in [-0.15, -0.1) is 0 Å². The number of amides is 1. The molecule has 23 heavy (non-hydrogen) atoms. The van der Waals surface area contributed by atoms with Crippen LogP contribution in [0.4, 0.5) is 10.1 Å². The second kappa shape index (κ2) is 7.87. The van der Waals surface area contributed by atoms with Crippen LogP contribution >= 0.6 is 15.9 Å². The van der Waals surface area contributed by atoms with E-state index in [9.17, 15) is 14.0 Å². The van der Waals surface area contributed by atoms with E-state index in [2.05, 4.69) is 21.2 Å². The summed E-state index contributed by atoms with van der Waals surface area (Å²) in [5, 5.41) is 2.39. The molecule has 120 valence electrons. The lowest BCUT2D eigenvalue weighted by Crippen LogP contribution is -2.30. The van der Waals surface area contributed by atoms with Crippen LogP contribution in [-0.4, -0.2) is 18.0 Å². The predicted octanol–water partition coefficient (Wildman–Crippen LogP) is 3.70. The Morgan fingerprint density at radius 1 is 1.17 bits per heavy atom. The normalized spacial score (nSPS) is 11.6. The van der Waals surface area contributed by atoms with Gasteiger partial charge in [-0.05, 0) is 36.8 Å². The molecule has 1 amide bonds. The molecule has 0 aliphatic heterocycles. The van der Waals surface area contributed by atoms with Gasteiger partial charge in [-0.1, -0.05) is 40.2 Å². The predicted molar refractivity (Wildman–Crippen MR) is 88.4 cm³/mol. The van der Waals surface area contributed by atoms with E-state index < -0.39 is 23.8 Å². The first kappa shape index (κ1) is 17.1. The number of carbonyl (C=O) groups excluding carboxylic acids is 2. The molecule has 0 spiro atoms. The van der Waals surface area contributed by atoms with Gasteiger partial charge in [-0.3, -0.25) is 9.59 Å². The number of benzene rings is 2. The Balaban J connectivity index is 1.89. The summed E-state index contributed by atoms with van der Waals surface area (Å²) in [5.41, 5.74) is 0.827. The topological polar surface area (TPSA) is 55.4 Å². The van der Waals surface area contributed by atoms with Gasteiger partial charge in [-0.2, -0.15) is 0 Å². The zero-order chi connectivity index (χ0) is 16.8. The third-order valence-corrected chi connectivity index (χ3v) is 3.60. The third kappa shape index (κ3) is 5.17. The van der Waals surface area contributed by atoms with Gasteiger partial charge < -0.3 is 10.1 Å². The van der Waals surface area contributed by atoms with Crippen molar-refractivity contribution < 1.29 is 18.7 Å². The molecule has 0 heterocycles. The highest BCUT2D eigenvalue weighted by Crippen LogP contribution is 2.14. The summed E-state index contributed by atoms with van der Waals surface area (Å²) in [6.07, 6.45) is -0.956. The van der Waals surface area contributed by atoms with Crippen molar-refractivity contribution in [1.82, 2.24) is 0 Å². The number of para-hydroxylation sites is 1. The maximum Gasteiger partial charge on any atom is 0.311 e. The molecule has 2 aromatic carbocycles. The lowest BCUT2D eigenvalue weighted by Gasteiger charge is -2.14. The SMILES string of the molecule is C[C@H](OC(=O)Cc1ccc(Br)cc1)C(=O)Nc1ccccc1F. The molecule has 2 rings (SSSR count). The molecule has 0 radical (unpaired) electrons. The van der Waals surface area contributed by atoms with Crippen LogP contribution in [0, 0.1) is 5.82 Å². The van der Waals surface area contributed by atoms with Crippen molar-refractivity contribution in [3.05, 3.63) is 64.4 Å². The number of nitrogens with one attached hydrogen (secondary N) is 1. The zero-order valence-electron chi connectivity index (χ0n) is 12.4.